The number of rotatable bonds is 2. The summed E-state index contributed by atoms with van der Waals surface area (Å²) in [6.07, 6.45) is 0.662. The number of benzene rings is 1. The van der Waals surface area contributed by atoms with E-state index >= 15 is 0 Å². The Morgan fingerprint density at radius 2 is 1.90 bits per heavy atom. The Morgan fingerprint density at radius 3 is 2.45 bits per heavy atom. The second-order valence-electron chi connectivity index (χ2n) is 5.75. The van der Waals surface area contributed by atoms with Crippen molar-refractivity contribution >= 4 is 6.08 Å². The van der Waals surface area contributed by atoms with Crippen LogP contribution in [0.2, 0.25) is 0 Å². The average Bonchev–Trinajstić information content (AvgIpc) is 2.31. The lowest BCUT2D eigenvalue weighted by Gasteiger charge is -2.28. The molecule has 2 rings (SSSR count). The lowest BCUT2D eigenvalue weighted by molar-refractivity contribution is -0.437. The third kappa shape index (κ3) is 2.75. The van der Waals surface area contributed by atoms with Crippen molar-refractivity contribution in [2.45, 2.75) is 38.9 Å². The molecule has 0 radical (unpaired) electrons. The standard InChI is InChI=1S/C14H17NO5/c1-14(2,3)20-13-7-9-8(6-10(13)15(18)19)11(16)4-5-12(9)17/h4-6,13,16-17H,7H2,1-3H3. The van der Waals surface area contributed by atoms with Crippen LogP contribution in [0, 0.1) is 10.1 Å². The molecule has 6 nitrogen and oxygen atoms in total. The van der Waals surface area contributed by atoms with Crippen molar-refractivity contribution in [1.29, 1.82) is 0 Å². The van der Waals surface area contributed by atoms with Gasteiger partial charge in [-0.05, 0) is 32.9 Å². The van der Waals surface area contributed by atoms with Crippen LogP contribution in [0.25, 0.3) is 6.08 Å². The Morgan fingerprint density at radius 1 is 1.30 bits per heavy atom. The monoisotopic (exact) mass is 279 g/mol. The van der Waals surface area contributed by atoms with Crippen LogP contribution in [0.3, 0.4) is 0 Å². The summed E-state index contributed by atoms with van der Waals surface area (Å²) in [5, 5.41) is 30.8. The van der Waals surface area contributed by atoms with E-state index in [-0.39, 0.29) is 29.2 Å². The molecule has 1 unspecified atom stereocenters. The molecule has 1 atom stereocenters. The van der Waals surface area contributed by atoms with Crippen LogP contribution in [0.1, 0.15) is 31.9 Å². The number of phenolic OH excluding ortho intramolecular Hbond substituents is 2. The number of aromatic hydroxyl groups is 2. The molecule has 1 aliphatic carbocycles. The zero-order chi connectivity index (χ0) is 15.1. The van der Waals surface area contributed by atoms with Gasteiger partial charge in [-0.2, -0.15) is 0 Å². The van der Waals surface area contributed by atoms with Crippen molar-refractivity contribution in [3.05, 3.63) is 39.1 Å². The number of ether oxygens (including phenoxy) is 1. The zero-order valence-corrected chi connectivity index (χ0v) is 11.6. The normalized spacial score (nSPS) is 18.4. The first kappa shape index (κ1) is 14.3. The molecule has 108 valence electrons. The van der Waals surface area contributed by atoms with Gasteiger partial charge in [0.25, 0.3) is 5.70 Å². The maximum Gasteiger partial charge on any atom is 0.275 e. The molecule has 0 saturated heterocycles. The van der Waals surface area contributed by atoms with E-state index in [9.17, 15) is 20.3 Å². The predicted molar refractivity (Wildman–Crippen MR) is 73.1 cm³/mol. The minimum atomic E-state index is -0.759. The zero-order valence-electron chi connectivity index (χ0n) is 11.6. The highest BCUT2D eigenvalue weighted by Gasteiger charge is 2.35. The molecule has 20 heavy (non-hydrogen) atoms. The van der Waals surface area contributed by atoms with E-state index in [4.69, 9.17) is 4.74 Å². The van der Waals surface area contributed by atoms with E-state index in [0.29, 0.717) is 5.56 Å². The van der Waals surface area contributed by atoms with Crippen LogP contribution in [0.15, 0.2) is 17.8 Å². The van der Waals surface area contributed by atoms with Gasteiger partial charge in [-0.1, -0.05) is 0 Å². The van der Waals surface area contributed by atoms with Crippen molar-refractivity contribution in [2.24, 2.45) is 0 Å². The van der Waals surface area contributed by atoms with Crippen molar-refractivity contribution in [3.63, 3.8) is 0 Å². The Labute approximate surface area is 116 Å². The highest BCUT2D eigenvalue weighted by molar-refractivity contribution is 5.68. The summed E-state index contributed by atoms with van der Waals surface area (Å²) < 4.78 is 5.70. The van der Waals surface area contributed by atoms with Gasteiger partial charge in [0.2, 0.25) is 0 Å². The minimum Gasteiger partial charge on any atom is -0.508 e. The molecule has 0 aliphatic heterocycles. The Kier molecular flexibility index (Phi) is 3.43. The molecule has 2 N–H and O–H groups in total. The van der Waals surface area contributed by atoms with Gasteiger partial charge >= 0.3 is 0 Å². The first-order valence-corrected chi connectivity index (χ1v) is 6.26. The van der Waals surface area contributed by atoms with E-state index in [1.54, 1.807) is 0 Å². The molecule has 0 saturated carbocycles. The topological polar surface area (TPSA) is 92.8 Å². The summed E-state index contributed by atoms with van der Waals surface area (Å²) in [7, 11) is 0. The maximum atomic E-state index is 11.2. The van der Waals surface area contributed by atoms with Gasteiger partial charge in [0.1, 0.15) is 11.5 Å². The highest BCUT2D eigenvalue weighted by Crippen LogP contribution is 2.38. The van der Waals surface area contributed by atoms with Crippen molar-refractivity contribution < 1.29 is 19.9 Å². The first-order valence-electron chi connectivity index (χ1n) is 6.26. The molecule has 0 heterocycles. The lowest BCUT2D eigenvalue weighted by atomic mass is 9.91. The molecule has 0 bridgehead atoms. The summed E-state index contributed by atoms with van der Waals surface area (Å²) in [5.74, 6) is -0.0923. The van der Waals surface area contributed by atoms with Crippen LogP contribution < -0.4 is 0 Å². The Balaban J connectivity index is 2.51. The average molecular weight is 279 g/mol. The van der Waals surface area contributed by atoms with E-state index in [0.717, 1.165) is 0 Å². The van der Waals surface area contributed by atoms with Crippen molar-refractivity contribution in [2.75, 3.05) is 0 Å². The van der Waals surface area contributed by atoms with Crippen LogP contribution in [0.4, 0.5) is 0 Å². The van der Waals surface area contributed by atoms with Crippen molar-refractivity contribution in [3.8, 4) is 11.5 Å². The molecule has 0 aromatic heterocycles. The molecule has 0 amide bonds. The van der Waals surface area contributed by atoms with Gasteiger partial charge in [0, 0.05) is 23.6 Å². The molecular formula is C14H17NO5. The Hall–Kier alpha value is -2.08. The third-order valence-electron chi connectivity index (χ3n) is 3.03. The van der Waals surface area contributed by atoms with E-state index in [1.807, 2.05) is 20.8 Å². The molecule has 1 aromatic rings. The first-order chi connectivity index (χ1) is 9.19. The number of hydrogen-bond acceptors (Lipinski definition) is 5. The summed E-state index contributed by atoms with van der Waals surface area (Å²) in [4.78, 5) is 10.7. The fourth-order valence-corrected chi connectivity index (χ4v) is 2.25. The molecular weight excluding hydrogens is 262 g/mol. The van der Waals surface area contributed by atoms with Crippen LogP contribution in [-0.2, 0) is 11.2 Å². The maximum absolute atomic E-state index is 11.2. The second kappa shape index (κ2) is 4.79. The largest absolute Gasteiger partial charge is 0.508 e. The fraction of sp³-hybridized carbons (Fsp3) is 0.429. The Bertz CT molecular complexity index is 586. The van der Waals surface area contributed by atoms with Gasteiger partial charge < -0.3 is 14.9 Å². The molecule has 6 heteroatoms. The predicted octanol–water partition coefficient (Wildman–Crippen LogP) is 2.46. The SMILES string of the molecule is CC(C)(C)OC1Cc2c(O)ccc(O)c2C=C1[N+](=O)[O-]. The van der Waals surface area contributed by atoms with Gasteiger partial charge in [0.15, 0.2) is 6.10 Å². The number of nitro groups is 1. The summed E-state index contributed by atoms with van der Waals surface area (Å²) in [6.45, 7) is 5.42. The summed E-state index contributed by atoms with van der Waals surface area (Å²) in [5.41, 5.74) is 0.0765. The van der Waals surface area contributed by atoms with Crippen LogP contribution >= 0.6 is 0 Å². The van der Waals surface area contributed by atoms with E-state index in [2.05, 4.69) is 0 Å². The van der Waals surface area contributed by atoms with E-state index in [1.165, 1.54) is 18.2 Å². The van der Waals surface area contributed by atoms with Gasteiger partial charge in [-0.25, -0.2) is 0 Å². The molecule has 1 aliphatic rings. The molecule has 0 spiro atoms. The van der Waals surface area contributed by atoms with E-state index < -0.39 is 16.6 Å². The van der Waals surface area contributed by atoms with Crippen LogP contribution in [0.5, 0.6) is 11.5 Å². The lowest BCUT2D eigenvalue weighted by Crippen LogP contribution is -2.34. The quantitative estimate of drug-likeness (QED) is 0.493. The van der Waals surface area contributed by atoms with Crippen LogP contribution in [-0.4, -0.2) is 26.8 Å². The molecule has 0 fully saturated rings. The smallest absolute Gasteiger partial charge is 0.275 e. The summed E-state index contributed by atoms with van der Waals surface area (Å²) >= 11 is 0. The minimum absolute atomic E-state index is 0.000966. The second-order valence-corrected chi connectivity index (χ2v) is 5.75. The van der Waals surface area contributed by atoms with Gasteiger partial charge in [-0.15, -0.1) is 0 Å². The number of fused-ring (bicyclic) bond motifs is 1. The number of nitrogens with zero attached hydrogens (tertiary/aromatic N) is 1. The van der Waals surface area contributed by atoms with Gasteiger partial charge in [-0.3, -0.25) is 10.1 Å². The van der Waals surface area contributed by atoms with Crippen molar-refractivity contribution in [1.82, 2.24) is 0 Å². The number of phenols is 2. The highest BCUT2D eigenvalue weighted by atomic mass is 16.6. The molecule has 1 aromatic carbocycles. The summed E-state index contributed by atoms with van der Waals surface area (Å²) in [6, 6.07) is 2.68. The van der Waals surface area contributed by atoms with Gasteiger partial charge in [0.05, 0.1) is 10.5 Å². The third-order valence-corrected chi connectivity index (χ3v) is 3.03. The fourth-order valence-electron chi connectivity index (χ4n) is 2.25. The number of hydrogen-bond donors (Lipinski definition) is 2.